The molecule has 0 aliphatic rings. The Morgan fingerprint density at radius 2 is 0.966 bits per heavy atom. The molecule has 0 saturated heterocycles. The minimum atomic E-state index is 0.853. The van der Waals surface area contributed by atoms with Crippen LogP contribution in [0.4, 0.5) is 17.1 Å². The van der Waals surface area contributed by atoms with Gasteiger partial charge in [-0.3, -0.25) is 0 Å². The zero-order valence-electron chi connectivity index (χ0n) is 31.3. The largest absolute Gasteiger partial charge is 0.455 e. The van der Waals surface area contributed by atoms with Gasteiger partial charge in [0.25, 0.3) is 0 Å². The molecule has 0 atom stereocenters. The lowest BCUT2D eigenvalue weighted by Crippen LogP contribution is -2.10. The monoisotopic (exact) mass is 742 g/mol. The van der Waals surface area contributed by atoms with Gasteiger partial charge in [-0.25, -0.2) is 0 Å². The second-order valence-corrected chi connectivity index (χ2v) is 14.9. The smallest absolute Gasteiger partial charge is 0.159 e. The number of anilines is 3. The van der Waals surface area contributed by atoms with Crippen molar-refractivity contribution in [1.82, 2.24) is 4.57 Å². The molecule has 3 heterocycles. The zero-order chi connectivity index (χ0) is 38.2. The molecular formula is C54H34N2O2. The van der Waals surface area contributed by atoms with E-state index >= 15 is 0 Å². The number of rotatable bonds is 6. The molecule has 0 bridgehead atoms. The predicted molar refractivity (Wildman–Crippen MR) is 241 cm³/mol. The van der Waals surface area contributed by atoms with Crippen LogP contribution in [0.3, 0.4) is 0 Å². The van der Waals surface area contributed by atoms with Crippen LogP contribution in [0.2, 0.25) is 0 Å². The summed E-state index contributed by atoms with van der Waals surface area (Å²) >= 11 is 0. The Hall–Kier alpha value is -7.82. The van der Waals surface area contributed by atoms with E-state index in [0.717, 1.165) is 94.4 Å². The second kappa shape index (κ2) is 12.9. The van der Waals surface area contributed by atoms with Gasteiger partial charge in [0.2, 0.25) is 0 Å². The summed E-state index contributed by atoms with van der Waals surface area (Å²) in [6.45, 7) is 0. The summed E-state index contributed by atoms with van der Waals surface area (Å²) < 4.78 is 15.5. The van der Waals surface area contributed by atoms with Crippen molar-refractivity contribution in [3.8, 4) is 27.9 Å². The molecule has 0 N–H and O–H groups in total. The molecule has 0 aliphatic heterocycles. The number of benzene rings is 9. The van der Waals surface area contributed by atoms with E-state index in [1.54, 1.807) is 0 Å². The molecule has 4 nitrogen and oxygen atoms in total. The zero-order valence-corrected chi connectivity index (χ0v) is 31.3. The summed E-state index contributed by atoms with van der Waals surface area (Å²) in [6.07, 6.45) is 0. The quantitative estimate of drug-likeness (QED) is 0.170. The number of hydrogen-bond donors (Lipinski definition) is 0. The summed E-state index contributed by atoms with van der Waals surface area (Å²) in [5.41, 5.74) is 14.6. The van der Waals surface area contributed by atoms with Crippen molar-refractivity contribution >= 4 is 82.7 Å². The van der Waals surface area contributed by atoms with Gasteiger partial charge in [-0.1, -0.05) is 133 Å². The summed E-state index contributed by atoms with van der Waals surface area (Å²) in [4.78, 5) is 2.33. The van der Waals surface area contributed by atoms with E-state index in [0.29, 0.717) is 0 Å². The van der Waals surface area contributed by atoms with Crippen molar-refractivity contribution in [2.75, 3.05) is 4.90 Å². The number of nitrogens with zero attached hydrogens (tertiary/aromatic N) is 2. The van der Waals surface area contributed by atoms with E-state index in [2.05, 4.69) is 198 Å². The third-order valence-corrected chi connectivity index (χ3v) is 11.6. The summed E-state index contributed by atoms with van der Waals surface area (Å²) in [5, 5.41) is 6.81. The highest BCUT2D eigenvalue weighted by Crippen LogP contribution is 2.45. The number of para-hydroxylation sites is 5. The number of hydrogen-bond acceptors (Lipinski definition) is 3. The first kappa shape index (κ1) is 32.4. The van der Waals surface area contributed by atoms with Crippen LogP contribution in [0.1, 0.15) is 0 Å². The van der Waals surface area contributed by atoms with Crippen molar-refractivity contribution in [2.24, 2.45) is 0 Å². The lowest BCUT2D eigenvalue weighted by atomic mass is 10.00. The standard InChI is InChI=1S/C54H34N2O2/c1-3-13-36(14-4-1)41-19-11-20-45-47-33-37(27-32-52(47)57-53(41)45)35-25-28-39(29-26-35)55(50-23-12-21-44-43-18-8-10-24-51(43)58-54(44)50)40-30-31-49-46(34-40)42-17-7-9-22-48(42)56(49)38-15-5-2-6-16-38/h1-34H. The molecule has 4 heteroatoms. The number of fused-ring (bicyclic) bond motifs is 9. The molecule has 0 fully saturated rings. The molecule has 0 unspecified atom stereocenters. The molecule has 12 rings (SSSR count). The fourth-order valence-electron chi connectivity index (χ4n) is 8.92. The van der Waals surface area contributed by atoms with Crippen LogP contribution in [0.15, 0.2) is 215 Å². The van der Waals surface area contributed by atoms with Gasteiger partial charge in [0, 0.05) is 54.9 Å². The number of furan rings is 2. The summed E-state index contributed by atoms with van der Waals surface area (Å²) in [7, 11) is 0. The molecule has 0 aliphatic carbocycles. The van der Waals surface area contributed by atoms with Gasteiger partial charge in [-0.05, 0) is 89.5 Å². The molecular weight excluding hydrogens is 709 g/mol. The van der Waals surface area contributed by atoms with Crippen LogP contribution >= 0.6 is 0 Å². The van der Waals surface area contributed by atoms with Gasteiger partial charge in [0.05, 0.1) is 16.7 Å². The van der Waals surface area contributed by atoms with E-state index in [-0.39, 0.29) is 0 Å². The Bertz CT molecular complexity index is 3500. The topological polar surface area (TPSA) is 34.5 Å². The normalized spacial score (nSPS) is 11.8. The molecule has 0 radical (unpaired) electrons. The minimum Gasteiger partial charge on any atom is -0.455 e. The lowest BCUT2D eigenvalue weighted by molar-refractivity contribution is 0.669. The lowest BCUT2D eigenvalue weighted by Gasteiger charge is -2.26. The van der Waals surface area contributed by atoms with E-state index in [4.69, 9.17) is 8.83 Å². The maximum absolute atomic E-state index is 6.67. The first-order chi connectivity index (χ1) is 28.8. The fraction of sp³-hybridized carbons (Fsp3) is 0. The molecule has 12 aromatic rings. The number of aromatic nitrogens is 1. The van der Waals surface area contributed by atoms with Gasteiger partial charge < -0.3 is 18.3 Å². The Morgan fingerprint density at radius 1 is 0.345 bits per heavy atom. The van der Waals surface area contributed by atoms with Crippen LogP contribution in [0, 0.1) is 0 Å². The first-order valence-electron chi connectivity index (χ1n) is 19.7. The molecule has 0 amide bonds. The maximum Gasteiger partial charge on any atom is 0.159 e. The van der Waals surface area contributed by atoms with Gasteiger partial charge in [-0.15, -0.1) is 0 Å². The van der Waals surface area contributed by atoms with Crippen LogP contribution in [-0.2, 0) is 0 Å². The molecule has 58 heavy (non-hydrogen) atoms. The van der Waals surface area contributed by atoms with Crippen molar-refractivity contribution in [1.29, 1.82) is 0 Å². The van der Waals surface area contributed by atoms with Crippen LogP contribution in [0.5, 0.6) is 0 Å². The average Bonchev–Trinajstić information content (AvgIpc) is 3.97. The van der Waals surface area contributed by atoms with Gasteiger partial charge in [0.1, 0.15) is 16.7 Å². The van der Waals surface area contributed by atoms with Crippen molar-refractivity contribution in [3.05, 3.63) is 206 Å². The average molecular weight is 743 g/mol. The Labute approximate surface area is 334 Å². The molecule has 9 aromatic carbocycles. The molecule has 0 spiro atoms. The van der Waals surface area contributed by atoms with Crippen LogP contribution in [-0.4, -0.2) is 4.57 Å². The molecule has 0 saturated carbocycles. The van der Waals surface area contributed by atoms with E-state index in [1.165, 1.54) is 16.3 Å². The van der Waals surface area contributed by atoms with Crippen molar-refractivity contribution in [2.45, 2.75) is 0 Å². The first-order valence-corrected chi connectivity index (χ1v) is 19.7. The highest BCUT2D eigenvalue weighted by molar-refractivity contribution is 6.13. The fourth-order valence-corrected chi connectivity index (χ4v) is 8.92. The van der Waals surface area contributed by atoms with Crippen molar-refractivity contribution < 1.29 is 8.83 Å². The Balaban J connectivity index is 1.02. The van der Waals surface area contributed by atoms with Crippen LogP contribution < -0.4 is 4.90 Å². The van der Waals surface area contributed by atoms with Crippen molar-refractivity contribution in [3.63, 3.8) is 0 Å². The minimum absolute atomic E-state index is 0.853. The Morgan fingerprint density at radius 3 is 1.81 bits per heavy atom. The van der Waals surface area contributed by atoms with Crippen LogP contribution in [0.25, 0.3) is 93.6 Å². The Kier molecular flexibility index (Phi) is 7.20. The summed E-state index contributed by atoms with van der Waals surface area (Å²) in [5.74, 6) is 0. The predicted octanol–water partition coefficient (Wildman–Crippen LogP) is 15.4. The SMILES string of the molecule is c1ccc(-c2cccc3c2oc2ccc(-c4ccc(N(c5ccc6c(c5)c5ccccc5n6-c5ccccc5)c5cccc6c5oc5ccccc56)cc4)cc23)cc1. The van der Waals surface area contributed by atoms with Gasteiger partial charge >= 0.3 is 0 Å². The van der Waals surface area contributed by atoms with E-state index in [1.807, 2.05) is 18.2 Å². The third kappa shape index (κ3) is 5.02. The third-order valence-electron chi connectivity index (χ3n) is 11.6. The summed E-state index contributed by atoms with van der Waals surface area (Å²) in [6, 6.07) is 73.1. The molecule has 3 aromatic heterocycles. The van der Waals surface area contributed by atoms with Gasteiger partial charge in [0.15, 0.2) is 5.58 Å². The van der Waals surface area contributed by atoms with E-state index in [9.17, 15) is 0 Å². The highest BCUT2D eigenvalue weighted by Gasteiger charge is 2.22. The second-order valence-electron chi connectivity index (χ2n) is 14.9. The van der Waals surface area contributed by atoms with Gasteiger partial charge in [-0.2, -0.15) is 0 Å². The molecule has 272 valence electrons. The maximum atomic E-state index is 6.67. The highest BCUT2D eigenvalue weighted by atomic mass is 16.3. The van der Waals surface area contributed by atoms with E-state index < -0.39 is 0 Å².